The molecule has 1 fully saturated rings. The minimum absolute atomic E-state index is 0.937. The Morgan fingerprint density at radius 3 is 2.56 bits per heavy atom. The summed E-state index contributed by atoms with van der Waals surface area (Å²) in [5, 5.41) is 3.55. The van der Waals surface area contributed by atoms with Crippen molar-refractivity contribution in [2.24, 2.45) is 5.92 Å². The van der Waals surface area contributed by atoms with Crippen LogP contribution < -0.4 is 5.32 Å². The molecule has 1 N–H and O–H groups in total. The van der Waals surface area contributed by atoms with Gasteiger partial charge in [-0.2, -0.15) is 0 Å². The van der Waals surface area contributed by atoms with Crippen LogP contribution >= 0.6 is 0 Å². The molecule has 1 heterocycles. The second-order valence-electron chi connectivity index (χ2n) is 5.51. The number of hydrogen-bond acceptors (Lipinski definition) is 2. The van der Waals surface area contributed by atoms with Crippen LogP contribution in [0.2, 0.25) is 0 Å². The fraction of sp³-hybridized carbons (Fsp3) is 0.625. The summed E-state index contributed by atoms with van der Waals surface area (Å²) in [6.45, 7) is 8.38. The van der Waals surface area contributed by atoms with Gasteiger partial charge in [-0.15, -0.1) is 0 Å². The normalized spacial score (nSPS) is 18.1. The molecule has 18 heavy (non-hydrogen) atoms. The van der Waals surface area contributed by atoms with E-state index in [4.69, 9.17) is 0 Å². The van der Waals surface area contributed by atoms with E-state index >= 15 is 0 Å². The molecule has 1 aromatic carbocycles. The van der Waals surface area contributed by atoms with Crippen molar-refractivity contribution in [2.75, 3.05) is 32.7 Å². The Morgan fingerprint density at radius 2 is 1.83 bits per heavy atom. The van der Waals surface area contributed by atoms with Crippen LogP contribution in [0.1, 0.15) is 25.3 Å². The maximum atomic E-state index is 3.55. The van der Waals surface area contributed by atoms with Crippen LogP contribution in [0.15, 0.2) is 30.3 Å². The lowest BCUT2D eigenvalue weighted by Crippen LogP contribution is -2.38. The topological polar surface area (TPSA) is 15.3 Å². The SMILES string of the molecule is CC1CCN(CCNCCc2ccccc2)CC1. The molecule has 0 bridgehead atoms. The van der Waals surface area contributed by atoms with Gasteiger partial charge in [0.1, 0.15) is 0 Å². The second-order valence-corrected chi connectivity index (χ2v) is 5.51. The van der Waals surface area contributed by atoms with E-state index in [2.05, 4.69) is 47.5 Å². The van der Waals surface area contributed by atoms with Crippen LogP contribution in [0.25, 0.3) is 0 Å². The van der Waals surface area contributed by atoms with Crippen molar-refractivity contribution in [3.8, 4) is 0 Å². The highest BCUT2D eigenvalue weighted by molar-refractivity contribution is 5.14. The number of likely N-dealkylation sites (tertiary alicyclic amines) is 1. The standard InChI is InChI=1S/C16H26N2/c1-15-8-12-18(13-9-15)14-11-17-10-7-16-5-3-2-4-6-16/h2-6,15,17H,7-14H2,1H3. The van der Waals surface area contributed by atoms with Gasteiger partial charge in [0.25, 0.3) is 0 Å². The maximum Gasteiger partial charge on any atom is 0.0107 e. The number of nitrogens with zero attached hydrogens (tertiary/aromatic N) is 1. The van der Waals surface area contributed by atoms with Crippen molar-refractivity contribution in [3.63, 3.8) is 0 Å². The van der Waals surface area contributed by atoms with Gasteiger partial charge in [-0.05, 0) is 50.4 Å². The second kappa shape index (κ2) is 7.55. The van der Waals surface area contributed by atoms with E-state index in [0.717, 1.165) is 25.4 Å². The van der Waals surface area contributed by atoms with E-state index in [1.165, 1.54) is 38.0 Å². The molecule has 2 rings (SSSR count). The molecule has 100 valence electrons. The van der Waals surface area contributed by atoms with Gasteiger partial charge < -0.3 is 10.2 Å². The molecule has 0 radical (unpaired) electrons. The number of rotatable bonds is 6. The fourth-order valence-electron chi connectivity index (χ4n) is 2.53. The van der Waals surface area contributed by atoms with Gasteiger partial charge >= 0.3 is 0 Å². The van der Waals surface area contributed by atoms with Gasteiger partial charge in [0, 0.05) is 13.1 Å². The van der Waals surface area contributed by atoms with Crippen molar-refractivity contribution in [2.45, 2.75) is 26.2 Å². The summed E-state index contributed by atoms with van der Waals surface area (Å²) < 4.78 is 0. The lowest BCUT2D eigenvalue weighted by atomic mass is 9.99. The van der Waals surface area contributed by atoms with Crippen LogP contribution in [0.3, 0.4) is 0 Å². The summed E-state index contributed by atoms with van der Waals surface area (Å²) in [6, 6.07) is 10.7. The van der Waals surface area contributed by atoms with E-state index in [-0.39, 0.29) is 0 Å². The van der Waals surface area contributed by atoms with Crippen LogP contribution in [0.4, 0.5) is 0 Å². The van der Waals surface area contributed by atoms with E-state index in [1.54, 1.807) is 0 Å². The zero-order valence-corrected chi connectivity index (χ0v) is 11.6. The highest BCUT2D eigenvalue weighted by Crippen LogP contribution is 2.14. The van der Waals surface area contributed by atoms with E-state index in [1.807, 2.05) is 0 Å². The molecule has 0 saturated carbocycles. The highest BCUT2D eigenvalue weighted by atomic mass is 15.1. The summed E-state index contributed by atoms with van der Waals surface area (Å²) in [6.07, 6.45) is 3.89. The van der Waals surface area contributed by atoms with Gasteiger partial charge in [0.2, 0.25) is 0 Å². The zero-order valence-electron chi connectivity index (χ0n) is 11.6. The number of piperidine rings is 1. The van der Waals surface area contributed by atoms with Crippen molar-refractivity contribution in [1.29, 1.82) is 0 Å². The Labute approximate surface area is 111 Å². The Balaban J connectivity index is 1.51. The highest BCUT2D eigenvalue weighted by Gasteiger charge is 2.14. The van der Waals surface area contributed by atoms with Crippen molar-refractivity contribution < 1.29 is 0 Å². The van der Waals surface area contributed by atoms with Crippen LogP contribution in [0.5, 0.6) is 0 Å². The molecule has 0 spiro atoms. The molecule has 1 saturated heterocycles. The predicted molar refractivity (Wildman–Crippen MR) is 77.9 cm³/mol. The monoisotopic (exact) mass is 246 g/mol. The lowest BCUT2D eigenvalue weighted by Gasteiger charge is -2.30. The first-order valence-corrected chi connectivity index (χ1v) is 7.31. The van der Waals surface area contributed by atoms with Crippen molar-refractivity contribution in [3.05, 3.63) is 35.9 Å². The summed E-state index contributed by atoms with van der Waals surface area (Å²) >= 11 is 0. The molecule has 2 nitrogen and oxygen atoms in total. The van der Waals surface area contributed by atoms with Crippen molar-refractivity contribution in [1.82, 2.24) is 10.2 Å². The van der Waals surface area contributed by atoms with E-state index < -0.39 is 0 Å². The quantitative estimate of drug-likeness (QED) is 0.776. The first-order chi connectivity index (χ1) is 8.84. The summed E-state index contributed by atoms with van der Waals surface area (Å²) in [5.41, 5.74) is 1.43. The maximum absolute atomic E-state index is 3.55. The third-order valence-corrected chi connectivity index (χ3v) is 3.91. The molecule has 2 heteroatoms. The average molecular weight is 246 g/mol. The van der Waals surface area contributed by atoms with Crippen LogP contribution in [-0.2, 0) is 6.42 Å². The Hall–Kier alpha value is -0.860. The fourth-order valence-corrected chi connectivity index (χ4v) is 2.53. The van der Waals surface area contributed by atoms with E-state index in [0.29, 0.717) is 0 Å². The molecular formula is C16H26N2. The van der Waals surface area contributed by atoms with Crippen molar-refractivity contribution >= 4 is 0 Å². The Morgan fingerprint density at radius 1 is 1.11 bits per heavy atom. The Kier molecular flexibility index (Phi) is 5.69. The van der Waals surface area contributed by atoms with Gasteiger partial charge in [0.05, 0.1) is 0 Å². The van der Waals surface area contributed by atoms with E-state index in [9.17, 15) is 0 Å². The third kappa shape index (κ3) is 4.79. The molecule has 1 aliphatic rings. The number of benzene rings is 1. The molecule has 0 aromatic heterocycles. The Bertz CT molecular complexity index is 315. The van der Waals surface area contributed by atoms with Gasteiger partial charge in [-0.1, -0.05) is 37.3 Å². The molecule has 1 aliphatic heterocycles. The molecule has 0 aliphatic carbocycles. The lowest BCUT2D eigenvalue weighted by molar-refractivity contribution is 0.193. The summed E-state index contributed by atoms with van der Waals surface area (Å²) in [7, 11) is 0. The smallest absolute Gasteiger partial charge is 0.0107 e. The van der Waals surface area contributed by atoms with Gasteiger partial charge in [-0.3, -0.25) is 0 Å². The number of nitrogens with one attached hydrogen (secondary N) is 1. The molecule has 0 amide bonds. The van der Waals surface area contributed by atoms with Gasteiger partial charge in [-0.25, -0.2) is 0 Å². The first kappa shape index (κ1) is 13.6. The average Bonchev–Trinajstić information content (AvgIpc) is 2.42. The summed E-state index contributed by atoms with van der Waals surface area (Å²) in [4.78, 5) is 2.59. The van der Waals surface area contributed by atoms with Crippen LogP contribution in [0, 0.1) is 5.92 Å². The predicted octanol–water partition coefficient (Wildman–Crippen LogP) is 2.55. The summed E-state index contributed by atoms with van der Waals surface area (Å²) in [5.74, 6) is 0.937. The minimum Gasteiger partial charge on any atom is -0.315 e. The molecule has 0 unspecified atom stereocenters. The first-order valence-electron chi connectivity index (χ1n) is 7.31. The zero-order chi connectivity index (χ0) is 12.6. The molecular weight excluding hydrogens is 220 g/mol. The largest absolute Gasteiger partial charge is 0.315 e. The molecule has 1 aromatic rings. The number of hydrogen-bond donors (Lipinski definition) is 1. The minimum atomic E-state index is 0.937. The van der Waals surface area contributed by atoms with Gasteiger partial charge in [0.15, 0.2) is 0 Å². The molecule has 0 atom stereocenters. The van der Waals surface area contributed by atoms with Crippen LogP contribution in [-0.4, -0.2) is 37.6 Å². The third-order valence-electron chi connectivity index (χ3n) is 3.91.